The highest BCUT2D eigenvalue weighted by Gasteiger charge is 2.34. The number of fused-ring (bicyclic) bond motifs is 2. The summed E-state index contributed by atoms with van der Waals surface area (Å²) in [6, 6.07) is 3.92. The number of aromatic carboxylic acids is 4. The maximum Gasteiger partial charge on any atom is 0.339 e. The molecule has 138 valence electrons. The van der Waals surface area contributed by atoms with Crippen molar-refractivity contribution in [2.75, 3.05) is 0 Å². The predicted octanol–water partition coefficient (Wildman–Crippen LogP) is 2.91. The van der Waals surface area contributed by atoms with Crippen LogP contribution in [0.5, 0.6) is 11.5 Å². The number of ether oxygens (including phenoxy) is 1. The lowest BCUT2D eigenvalue weighted by molar-refractivity contribution is 0.0677. The third-order valence-electron chi connectivity index (χ3n) is 3.94. The maximum atomic E-state index is 11.5. The molecule has 27 heavy (non-hydrogen) atoms. The van der Waals surface area contributed by atoms with Crippen molar-refractivity contribution in [3.8, 4) is 11.5 Å². The molecule has 0 amide bonds. The van der Waals surface area contributed by atoms with E-state index in [0.717, 1.165) is 24.3 Å². The maximum absolute atomic E-state index is 11.5. The average Bonchev–Trinajstić information content (AvgIpc) is 2.59. The molecule has 0 saturated carbocycles. The lowest BCUT2D eigenvalue weighted by atomic mass is 9.92. The van der Waals surface area contributed by atoms with Crippen LogP contribution in [0.1, 0.15) is 57.9 Å². The highest BCUT2D eigenvalue weighted by Crippen LogP contribution is 2.49. The third-order valence-corrected chi connectivity index (χ3v) is 4.41. The van der Waals surface area contributed by atoms with E-state index in [4.69, 9.17) is 16.3 Å². The van der Waals surface area contributed by atoms with Crippen molar-refractivity contribution in [3.05, 3.63) is 57.6 Å². The Bertz CT molecular complexity index is 960. The predicted molar refractivity (Wildman–Crippen MR) is 88.5 cm³/mol. The van der Waals surface area contributed by atoms with Crippen LogP contribution in [0.2, 0.25) is 0 Å². The summed E-state index contributed by atoms with van der Waals surface area (Å²) in [5, 5.41) is 35.9. The Morgan fingerprint density at radius 2 is 1.07 bits per heavy atom. The molecule has 0 saturated heterocycles. The molecule has 2 aromatic rings. The molecule has 0 aliphatic carbocycles. The summed E-state index contributed by atoms with van der Waals surface area (Å²) in [4.78, 5) is 45.6. The largest absolute Gasteiger partial charge is 0.478 e. The van der Waals surface area contributed by atoms with E-state index < -0.39 is 40.4 Å². The van der Waals surface area contributed by atoms with Crippen LogP contribution in [0.4, 0.5) is 0 Å². The Balaban J connectivity index is 2.33. The molecule has 1 aliphatic heterocycles. The zero-order valence-electron chi connectivity index (χ0n) is 13.1. The van der Waals surface area contributed by atoms with Crippen molar-refractivity contribution in [2.24, 2.45) is 0 Å². The Hall–Kier alpha value is -3.59. The van der Waals surface area contributed by atoms with E-state index in [9.17, 15) is 39.6 Å². The number of carboxylic acid groups (broad SMARTS) is 4. The fourth-order valence-corrected chi connectivity index (χ4v) is 3.07. The van der Waals surface area contributed by atoms with Gasteiger partial charge in [-0.15, -0.1) is 11.6 Å². The number of rotatable bonds is 4. The molecule has 0 atom stereocenters. The van der Waals surface area contributed by atoms with E-state index in [1.54, 1.807) is 0 Å². The standard InChI is InChI=1S/C17H9ClO9/c18-11-7-1-5(14(19)20)3-9(16(23)24)12(7)27-13-8(11)2-6(15(21)22)4-10(13)17(25)26/h1-4,11H,(H,19,20)(H,21,22)(H,23,24)(H,25,26). The highest BCUT2D eigenvalue weighted by atomic mass is 35.5. The normalized spacial score (nSPS) is 12.5. The van der Waals surface area contributed by atoms with Crippen LogP contribution in [0.3, 0.4) is 0 Å². The highest BCUT2D eigenvalue weighted by molar-refractivity contribution is 6.24. The van der Waals surface area contributed by atoms with Gasteiger partial charge in [-0.05, 0) is 24.3 Å². The summed E-state index contributed by atoms with van der Waals surface area (Å²) in [6.07, 6.45) is 0. The fraction of sp³-hybridized carbons (Fsp3) is 0.0588. The van der Waals surface area contributed by atoms with Crippen molar-refractivity contribution in [1.29, 1.82) is 0 Å². The molecular weight excluding hydrogens is 384 g/mol. The molecule has 0 unspecified atom stereocenters. The van der Waals surface area contributed by atoms with E-state index in [1.807, 2.05) is 0 Å². The SMILES string of the molecule is O=C(O)c1cc(C(=O)O)c2c(c1)C(Cl)c1cc(C(=O)O)cc(C(=O)O)c1O2. The first kappa shape index (κ1) is 18.2. The smallest absolute Gasteiger partial charge is 0.339 e. The van der Waals surface area contributed by atoms with Crippen LogP contribution in [-0.4, -0.2) is 44.3 Å². The molecule has 0 aromatic heterocycles. The summed E-state index contributed by atoms with van der Waals surface area (Å²) in [6.45, 7) is 0. The van der Waals surface area contributed by atoms with Crippen LogP contribution in [0.15, 0.2) is 24.3 Å². The van der Waals surface area contributed by atoms with E-state index in [0.29, 0.717) is 0 Å². The molecule has 0 radical (unpaired) electrons. The Morgan fingerprint density at radius 1 is 0.704 bits per heavy atom. The van der Waals surface area contributed by atoms with Gasteiger partial charge in [0.1, 0.15) is 22.6 Å². The molecule has 10 heteroatoms. The van der Waals surface area contributed by atoms with Gasteiger partial charge in [-0.25, -0.2) is 19.2 Å². The van der Waals surface area contributed by atoms with Gasteiger partial charge in [0.2, 0.25) is 0 Å². The Kier molecular flexibility index (Phi) is 4.24. The summed E-state index contributed by atoms with van der Waals surface area (Å²) in [5.41, 5.74) is -1.81. The van der Waals surface area contributed by atoms with Crippen LogP contribution >= 0.6 is 11.6 Å². The van der Waals surface area contributed by atoms with Gasteiger partial charge < -0.3 is 25.2 Å². The van der Waals surface area contributed by atoms with Gasteiger partial charge in [0, 0.05) is 11.1 Å². The fourth-order valence-electron chi connectivity index (χ4n) is 2.74. The summed E-state index contributed by atoms with van der Waals surface area (Å²) < 4.78 is 5.47. The number of hydrogen-bond acceptors (Lipinski definition) is 5. The lowest BCUT2D eigenvalue weighted by Crippen LogP contribution is -2.16. The molecular formula is C17H9ClO9. The van der Waals surface area contributed by atoms with Gasteiger partial charge in [-0.2, -0.15) is 0 Å². The first-order chi connectivity index (χ1) is 12.6. The average molecular weight is 393 g/mol. The minimum absolute atomic E-state index is 0.0275. The molecule has 2 aromatic carbocycles. The molecule has 0 bridgehead atoms. The van der Waals surface area contributed by atoms with Crippen molar-refractivity contribution in [3.63, 3.8) is 0 Å². The molecule has 3 rings (SSSR count). The topological polar surface area (TPSA) is 158 Å². The van der Waals surface area contributed by atoms with Crippen LogP contribution in [0.25, 0.3) is 0 Å². The molecule has 0 spiro atoms. The second-order valence-electron chi connectivity index (χ2n) is 5.57. The number of carbonyl (C=O) groups is 4. The minimum Gasteiger partial charge on any atom is -0.478 e. The van der Waals surface area contributed by atoms with Crippen LogP contribution in [0, 0.1) is 0 Å². The number of halogens is 1. The summed E-state index contributed by atoms with van der Waals surface area (Å²) >= 11 is 6.33. The zero-order valence-corrected chi connectivity index (χ0v) is 13.9. The Labute approximate surface area is 155 Å². The second-order valence-corrected chi connectivity index (χ2v) is 6.01. The number of benzene rings is 2. The van der Waals surface area contributed by atoms with Crippen molar-refractivity contribution in [2.45, 2.75) is 5.38 Å². The molecule has 9 nitrogen and oxygen atoms in total. The van der Waals surface area contributed by atoms with Gasteiger partial charge in [0.05, 0.1) is 16.5 Å². The minimum atomic E-state index is -1.50. The van der Waals surface area contributed by atoms with Gasteiger partial charge >= 0.3 is 23.9 Å². The molecule has 0 fully saturated rings. The van der Waals surface area contributed by atoms with Crippen LogP contribution in [-0.2, 0) is 0 Å². The zero-order chi connectivity index (χ0) is 20.0. The Morgan fingerprint density at radius 3 is 1.37 bits per heavy atom. The first-order valence-electron chi connectivity index (χ1n) is 7.22. The summed E-state index contributed by atoms with van der Waals surface area (Å²) in [7, 11) is 0. The molecule has 1 heterocycles. The quantitative estimate of drug-likeness (QED) is 0.573. The van der Waals surface area contributed by atoms with Crippen LogP contribution < -0.4 is 4.74 Å². The van der Waals surface area contributed by atoms with Gasteiger partial charge in [0.15, 0.2) is 0 Å². The third kappa shape index (κ3) is 2.93. The lowest BCUT2D eigenvalue weighted by Gasteiger charge is -2.27. The number of alkyl halides is 1. The van der Waals surface area contributed by atoms with Gasteiger partial charge in [0.25, 0.3) is 0 Å². The van der Waals surface area contributed by atoms with Crippen molar-refractivity contribution >= 4 is 35.5 Å². The van der Waals surface area contributed by atoms with E-state index in [-0.39, 0.29) is 33.8 Å². The van der Waals surface area contributed by atoms with E-state index >= 15 is 0 Å². The van der Waals surface area contributed by atoms with E-state index in [2.05, 4.69) is 0 Å². The van der Waals surface area contributed by atoms with E-state index in [1.165, 1.54) is 0 Å². The second kappa shape index (κ2) is 6.29. The van der Waals surface area contributed by atoms with Gasteiger partial charge in [-0.1, -0.05) is 0 Å². The monoisotopic (exact) mass is 392 g/mol. The van der Waals surface area contributed by atoms with Gasteiger partial charge in [-0.3, -0.25) is 0 Å². The molecule has 4 N–H and O–H groups in total. The summed E-state index contributed by atoms with van der Waals surface area (Å²) in [5.74, 6) is -6.40. The number of hydrogen-bond donors (Lipinski definition) is 4. The molecule has 1 aliphatic rings. The number of carboxylic acids is 4. The first-order valence-corrected chi connectivity index (χ1v) is 7.66. The van der Waals surface area contributed by atoms with Crippen molar-refractivity contribution < 1.29 is 44.3 Å². The van der Waals surface area contributed by atoms with Crippen molar-refractivity contribution in [1.82, 2.24) is 0 Å².